The minimum absolute atomic E-state index is 0.00443. The van der Waals surface area contributed by atoms with Gasteiger partial charge in [-0.1, -0.05) is 63.8 Å². The van der Waals surface area contributed by atoms with Crippen molar-refractivity contribution in [1.82, 2.24) is 50.3 Å². The van der Waals surface area contributed by atoms with Crippen molar-refractivity contribution >= 4 is 55.0 Å². The van der Waals surface area contributed by atoms with E-state index < -0.39 is 11.6 Å². The number of nitrogens with one attached hydrogen (secondary N) is 2. The molecule has 0 saturated carbocycles. The zero-order valence-electron chi connectivity index (χ0n) is 51.5. The summed E-state index contributed by atoms with van der Waals surface area (Å²) >= 11 is 0. The third-order valence-electron chi connectivity index (χ3n) is 16.9. The minimum Gasteiger partial charge on any atom is -0.508 e. The van der Waals surface area contributed by atoms with Crippen LogP contribution < -0.4 is 29.9 Å². The Morgan fingerprint density at radius 1 is 0.625 bits per heavy atom. The van der Waals surface area contributed by atoms with Gasteiger partial charge < -0.3 is 55.0 Å². The van der Waals surface area contributed by atoms with Crippen molar-refractivity contribution in [3.8, 4) is 76.8 Å². The van der Waals surface area contributed by atoms with Gasteiger partial charge in [0.05, 0.1) is 43.6 Å². The van der Waals surface area contributed by atoms with E-state index in [9.17, 15) is 10.2 Å². The van der Waals surface area contributed by atoms with Gasteiger partial charge in [-0.3, -0.25) is 9.97 Å². The summed E-state index contributed by atoms with van der Waals surface area (Å²) in [5.74, 6) is 5.60. The second kappa shape index (κ2) is 29.0. The van der Waals surface area contributed by atoms with Crippen LogP contribution >= 0.6 is 0 Å². The van der Waals surface area contributed by atoms with Crippen molar-refractivity contribution in [2.75, 3.05) is 90.5 Å². The predicted octanol–water partition coefficient (Wildman–Crippen LogP) is 9.83. The molecule has 10 heterocycles. The lowest BCUT2D eigenvalue weighted by atomic mass is 9.96. The number of aromatic hydroxyl groups is 2. The van der Waals surface area contributed by atoms with Crippen LogP contribution in [0.4, 0.5) is 20.4 Å². The van der Waals surface area contributed by atoms with Gasteiger partial charge in [-0.15, -0.1) is 12.8 Å². The number of phenolic OH excluding ortho intramolecular Hbond substituents is 2. The predicted molar refractivity (Wildman–Crippen MR) is 344 cm³/mol. The molecule has 0 spiro atoms. The number of likely N-dealkylation sites (tertiary alicyclic amines) is 2. The summed E-state index contributed by atoms with van der Waals surface area (Å²) in [6, 6.07) is 21.4. The number of benzene rings is 4. The second-order valence-electron chi connectivity index (χ2n) is 22.4. The monoisotopic (exact) mass is 1200 g/mol. The zero-order valence-corrected chi connectivity index (χ0v) is 51.5. The largest absolute Gasteiger partial charge is 0.508 e. The van der Waals surface area contributed by atoms with Crippen molar-refractivity contribution in [1.29, 1.82) is 5.26 Å². The number of piperazine rings is 2. The Bertz CT molecular complexity index is 3680. The van der Waals surface area contributed by atoms with Crippen LogP contribution in [0.15, 0.2) is 73.1 Å². The fraction of sp³-hybridized carbons (Fsp3) is 0.426. The first-order valence-corrected chi connectivity index (χ1v) is 30.5. The Hall–Kier alpha value is -8.55. The second-order valence-corrected chi connectivity index (χ2v) is 22.4. The van der Waals surface area contributed by atoms with E-state index in [-0.39, 0.29) is 45.9 Å². The van der Waals surface area contributed by atoms with Crippen molar-refractivity contribution < 1.29 is 33.6 Å². The molecule has 6 unspecified atom stereocenters. The fourth-order valence-corrected chi connectivity index (χ4v) is 12.7. The molecule has 6 saturated heterocycles. The SMILES string of the molecule is C#Cc1cccc2cc(O)cc(-c3ncc4c(N5CC6CCC(C5)N6)nc(OC)nc4c3F)c12.C#Cc1cccc2cc(O)cc(-c3ncc4c(N5CC6CCC(C5)N6)nc(OC)nc4c3F)c12.CC.CC.CN1CCC(C#N)C1.CN1CCCC1CO. The number of anilines is 2. The number of likely N-dealkylation sites (N-methyl/N-ethyl adjacent to an activating group) is 1. The molecule has 6 aliphatic heterocycles. The number of hydrogen-bond donors (Lipinski definition) is 5. The third-order valence-corrected chi connectivity index (χ3v) is 16.9. The Kier molecular flexibility index (Phi) is 21.0. The summed E-state index contributed by atoms with van der Waals surface area (Å²) < 4.78 is 42.9. The number of hydrogen-bond acceptors (Lipinski definition) is 18. The van der Waals surface area contributed by atoms with Crippen LogP contribution in [-0.4, -0.2) is 166 Å². The van der Waals surface area contributed by atoms with E-state index in [1.165, 1.54) is 39.2 Å². The van der Waals surface area contributed by atoms with Crippen molar-refractivity contribution in [2.24, 2.45) is 5.92 Å². The molecule has 18 nitrogen and oxygen atoms in total. The molecule has 6 atom stereocenters. The maximum atomic E-state index is 16.1. The highest BCUT2D eigenvalue weighted by molar-refractivity contribution is 6.04. The molecule has 460 valence electrons. The average Bonchev–Trinajstić information content (AvgIpc) is 2.12. The van der Waals surface area contributed by atoms with Crippen LogP contribution in [0.2, 0.25) is 0 Å². The first kappa shape index (κ1) is 63.9. The van der Waals surface area contributed by atoms with Gasteiger partial charge in [0.1, 0.15) is 45.6 Å². The summed E-state index contributed by atoms with van der Waals surface area (Å²) in [7, 11) is 7.05. The normalized spacial score (nSPS) is 20.8. The Balaban J connectivity index is 0.000000160. The van der Waals surface area contributed by atoms with Gasteiger partial charge in [-0.2, -0.15) is 25.2 Å². The number of aliphatic hydroxyl groups excluding tert-OH is 1. The molecule has 0 aliphatic carbocycles. The molecule has 0 amide bonds. The number of rotatable bonds is 7. The molecular formula is C68H79F2N13O5. The van der Waals surface area contributed by atoms with Gasteiger partial charge in [0.2, 0.25) is 0 Å². The Labute approximate surface area is 514 Å². The van der Waals surface area contributed by atoms with Gasteiger partial charge in [-0.25, -0.2) is 8.78 Å². The molecule has 4 bridgehead atoms. The van der Waals surface area contributed by atoms with Crippen molar-refractivity contribution in [3.05, 3.63) is 95.8 Å². The molecule has 6 aliphatic rings. The number of aliphatic hydroxyl groups is 1. The lowest BCUT2D eigenvalue weighted by Crippen LogP contribution is -2.51. The van der Waals surface area contributed by atoms with Gasteiger partial charge in [0.25, 0.3) is 0 Å². The Morgan fingerprint density at radius 2 is 1.07 bits per heavy atom. The van der Waals surface area contributed by atoms with E-state index in [0.29, 0.717) is 109 Å². The fourth-order valence-electron chi connectivity index (χ4n) is 12.7. The van der Waals surface area contributed by atoms with Crippen LogP contribution in [0.3, 0.4) is 0 Å². The van der Waals surface area contributed by atoms with E-state index >= 15 is 8.78 Å². The van der Waals surface area contributed by atoms with Crippen molar-refractivity contribution in [2.45, 2.75) is 103 Å². The number of phenols is 2. The van der Waals surface area contributed by atoms with Crippen LogP contribution in [0.25, 0.3) is 65.9 Å². The highest BCUT2D eigenvalue weighted by Crippen LogP contribution is 2.41. The van der Waals surface area contributed by atoms with E-state index in [1.807, 2.05) is 39.8 Å². The van der Waals surface area contributed by atoms with Crippen LogP contribution in [0, 0.1) is 53.6 Å². The molecule has 88 heavy (non-hydrogen) atoms. The van der Waals surface area contributed by atoms with Gasteiger partial charge >= 0.3 is 12.0 Å². The van der Waals surface area contributed by atoms with E-state index in [0.717, 1.165) is 77.9 Å². The summed E-state index contributed by atoms with van der Waals surface area (Å²) in [6.07, 6.45) is 22.6. The number of fused-ring (bicyclic) bond motifs is 8. The maximum absolute atomic E-state index is 16.1. The number of halogens is 2. The summed E-state index contributed by atoms with van der Waals surface area (Å²) in [4.78, 5) is 35.5. The lowest BCUT2D eigenvalue weighted by Gasteiger charge is -2.34. The van der Waals surface area contributed by atoms with Gasteiger partial charge in [-0.05, 0) is 119 Å². The number of methoxy groups -OCH3 is 2. The number of aromatic nitrogens is 6. The molecule has 20 heteroatoms. The van der Waals surface area contributed by atoms with Gasteiger partial charge in [0.15, 0.2) is 11.6 Å². The quantitative estimate of drug-likeness (QED) is 0.0938. The molecule has 6 fully saturated rings. The van der Waals surface area contributed by atoms with Gasteiger partial charge in [0, 0.05) is 108 Å². The third kappa shape index (κ3) is 13.6. The van der Waals surface area contributed by atoms with Crippen LogP contribution in [0.5, 0.6) is 23.5 Å². The smallest absolute Gasteiger partial charge is 0.318 e. The summed E-state index contributed by atoms with van der Waals surface area (Å²) in [6.45, 7) is 14.7. The topological polar surface area (TPSA) is 217 Å². The first-order chi connectivity index (χ1) is 42.8. The average molecular weight is 1200 g/mol. The molecular weight excluding hydrogens is 1120 g/mol. The van der Waals surface area contributed by atoms with Crippen LogP contribution in [-0.2, 0) is 0 Å². The molecule has 4 aromatic carbocycles. The molecule has 4 aromatic heterocycles. The molecule has 0 radical (unpaired) electrons. The molecule has 14 rings (SSSR count). The first-order valence-electron chi connectivity index (χ1n) is 30.5. The Morgan fingerprint density at radius 3 is 1.40 bits per heavy atom. The molecule has 5 N–H and O–H groups in total. The van der Waals surface area contributed by atoms with E-state index in [1.54, 1.807) is 48.8 Å². The summed E-state index contributed by atoms with van der Waals surface area (Å²) in [5.41, 5.74) is 2.34. The highest BCUT2D eigenvalue weighted by Gasteiger charge is 2.36. The zero-order chi connectivity index (χ0) is 62.8. The number of nitrogens with zero attached hydrogens (tertiary/aromatic N) is 11. The number of pyridine rings is 2. The number of nitriles is 1. The van der Waals surface area contributed by atoms with E-state index in [4.69, 9.17) is 32.7 Å². The summed E-state index contributed by atoms with van der Waals surface area (Å²) in [5, 5.41) is 48.7. The van der Waals surface area contributed by atoms with Crippen LogP contribution in [0.1, 0.15) is 83.8 Å². The number of ether oxygens (including phenoxy) is 2. The lowest BCUT2D eigenvalue weighted by molar-refractivity contribution is 0.182. The molecule has 8 aromatic rings. The number of terminal acetylenes is 2. The minimum atomic E-state index is -0.615. The van der Waals surface area contributed by atoms with Crippen molar-refractivity contribution in [3.63, 3.8) is 0 Å². The maximum Gasteiger partial charge on any atom is 0.318 e. The highest BCUT2D eigenvalue weighted by atomic mass is 19.1. The standard InChI is InChI=1S/2C26H22FN5O2.C6H10N2.C6H13NO.2C2H6/c2*1-3-14-5-4-6-15-9-18(33)10-19(21(14)15)23-22(27)24-20(11-28-23)25(31-26(30-24)34-2)32-12-16-7-8-17(13-32)29-16;1-8-3-2-6(4-7)5-8;1-7-4-2-3-6(7)5-8;2*1-2/h2*1,4-6,9-11,16-17,29,33H,7-8,12-13H2,2H3;6H,2-3,5H2,1H3;6,8H,2-5H2,1H3;2*1-2H3. The van der Waals surface area contributed by atoms with E-state index in [2.05, 4.69) is 92.1 Å².